The largest absolute Gasteiger partial charge is 0.309 e. The molecule has 6 rings (SSSR count). The molecule has 40 heavy (non-hydrogen) atoms. The van der Waals surface area contributed by atoms with Gasteiger partial charge in [0, 0.05) is 16.3 Å². The van der Waals surface area contributed by atoms with Gasteiger partial charge in [0.25, 0.3) is 0 Å². The van der Waals surface area contributed by atoms with E-state index >= 15 is 0 Å². The summed E-state index contributed by atoms with van der Waals surface area (Å²) in [7, 11) is 0. The van der Waals surface area contributed by atoms with Crippen LogP contribution in [0.3, 0.4) is 0 Å². The van der Waals surface area contributed by atoms with Gasteiger partial charge in [0.15, 0.2) is 0 Å². The molecule has 0 spiro atoms. The Morgan fingerprint density at radius 2 is 1.35 bits per heavy atom. The standard InChI is InChI=1S/C39H33N/c1-5-14-32(27(3)6-2)35-25-30(22-21-28(35)4)31-23-24-39-36(26-31)34-18-11-13-20-38(34)40(39)37-19-12-10-17-33(37)29-15-8-7-9-16-29/h5-26H,2H2,1,3-4H3/b14-5-,32-27+. The molecular formula is C39H33N. The smallest absolute Gasteiger partial charge is 0.0541 e. The number of rotatable bonds is 6. The summed E-state index contributed by atoms with van der Waals surface area (Å²) >= 11 is 0. The Balaban J connectivity index is 1.57. The SMILES string of the molecule is C=C/C(C)=C(\C=C/C)c1cc(-c2ccc3c(c2)c2ccccc2n3-c2ccccc2-c2ccccc2)ccc1C. The van der Waals surface area contributed by atoms with Gasteiger partial charge in [-0.1, -0.05) is 110 Å². The first kappa shape index (κ1) is 25.4. The molecule has 0 radical (unpaired) electrons. The van der Waals surface area contributed by atoms with Gasteiger partial charge < -0.3 is 4.57 Å². The fraction of sp³-hybridized carbons (Fsp3) is 0.0769. The highest BCUT2D eigenvalue weighted by molar-refractivity contribution is 6.11. The molecule has 0 N–H and O–H groups in total. The molecule has 0 aliphatic carbocycles. The maximum atomic E-state index is 4.02. The Morgan fingerprint density at radius 1 is 0.675 bits per heavy atom. The highest BCUT2D eigenvalue weighted by Gasteiger charge is 2.16. The number of hydrogen-bond acceptors (Lipinski definition) is 0. The van der Waals surface area contributed by atoms with E-state index in [9.17, 15) is 0 Å². The zero-order valence-electron chi connectivity index (χ0n) is 23.4. The Morgan fingerprint density at radius 3 is 2.15 bits per heavy atom. The van der Waals surface area contributed by atoms with E-state index in [2.05, 4.69) is 159 Å². The summed E-state index contributed by atoms with van der Waals surface area (Å²) in [4.78, 5) is 0. The van der Waals surface area contributed by atoms with Crippen LogP contribution in [0, 0.1) is 6.92 Å². The number of nitrogens with zero attached hydrogens (tertiary/aromatic N) is 1. The molecule has 0 saturated carbocycles. The van der Waals surface area contributed by atoms with E-state index in [-0.39, 0.29) is 0 Å². The van der Waals surface area contributed by atoms with Gasteiger partial charge in [-0.25, -0.2) is 0 Å². The molecule has 1 aromatic heterocycles. The van der Waals surface area contributed by atoms with Gasteiger partial charge in [-0.3, -0.25) is 0 Å². The molecule has 194 valence electrons. The summed E-state index contributed by atoms with van der Waals surface area (Å²) in [5.74, 6) is 0. The number of aryl methyl sites for hydroxylation is 1. The third kappa shape index (κ3) is 4.40. The minimum absolute atomic E-state index is 1.17. The van der Waals surface area contributed by atoms with Crippen molar-refractivity contribution < 1.29 is 0 Å². The van der Waals surface area contributed by atoms with E-state index in [1.54, 1.807) is 0 Å². The first-order valence-corrected chi connectivity index (χ1v) is 13.9. The van der Waals surface area contributed by atoms with Crippen molar-refractivity contribution in [2.75, 3.05) is 0 Å². The first-order chi connectivity index (χ1) is 19.6. The number of fused-ring (bicyclic) bond motifs is 3. The molecule has 1 nitrogen and oxygen atoms in total. The Bertz CT molecular complexity index is 1930. The first-order valence-electron chi connectivity index (χ1n) is 13.9. The van der Waals surface area contributed by atoms with Crippen LogP contribution in [0.2, 0.25) is 0 Å². The minimum Gasteiger partial charge on any atom is -0.309 e. The van der Waals surface area contributed by atoms with Crippen LogP contribution in [0.15, 0.2) is 146 Å². The summed E-state index contributed by atoms with van der Waals surface area (Å²) in [5.41, 5.74) is 13.4. The van der Waals surface area contributed by atoms with Gasteiger partial charge in [-0.15, -0.1) is 0 Å². The topological polar surface area (TPSA) is 4.93 Å². The molecule has 5 aromatic carbocycles. The fourth-order valence-electron chi connectivity index (χ4n) is 5.74. The van der Waals surface area contributed by atoms with Crippen LogP contribution in [0.5, 0.6) is 0 Å². The monoisotopic (exact) mass is 515 g/mol. The van der Waals surface area contributed by atoms with Gasteiger partial charge in [-0.05, 0) is 90.1 Å². The average Bonchev–Trinajstić information content (AvgIpc) is 3.34. The summed E-state index contributed by atoms with van der Waals surface area (Å²) in [5, 5.41) is 2.51. The predicted octanol–water partition coefficient (Wildman–Crippen LogP) is 11.0. The van der Waals surface area contributed by atoms with Crippen LogP contribution in [0.4, 0.5) is 0 Å². The lowest BCUT2D eigenvalue weighted by Gasteiger charge is -2.14. The summed E-state index contributed by atoms with van der Waals surface area (Å²) in [6, 6.07) is 41.8. The highest BCUT2D eigenvalue weighted by atomic mass is 15.0. The van der Waals surface area contributed by atoms with Crippen LogP contribution in [0.25, 0.3) is 55.3 Å². The molecule has 0 fully saturated rings. The van der Waals surface area contributed by atoms with Crippen molar-refractivity contribution in [2.24, 2.45) is 0 Å². The van der Waals surface area contributed by atoms with Gasteiger partial charge in [-0.2, -0.15) is 0 Å². The van der Waals surface area contributed by atoms with Crippen LogP contribution in [-0.4, -0.2) is 4.57 Å². The van der Waals surface area contributed by atoms with E-state index in [1.165, 1.54) is 72.0 Å². The fourth-order valence-corrected chi connectivity index (χ4v) is 5.74. The third-order valence-corrected chi connectivity index (χ3v) is 7.83. The normalized spacial score (nSPS) is 12.3. The molecule has 1 heteroatoms. The molecule has 0 unspecified atom stereocenters. The van der Waals surface area contributed by atoms with Gasteiger partial charge in [0.2, 0.25) is 0 Å². The summed E-state index contributed by atoms with van der Waals surface area (Å²) in [6.45, 7) is 10.4. The van der Waals surface area contributed by atoms with E-state index in [4.69, 9.17) is 0 Å². The highest BCUT2D eigenvalue weighted by Crippen LogP contribution is 2.38. The maximum Gasteiger partial charge on any atom is 0.0541 e. The Kier molecular flexibility index (Phi) is 6.80. The second-order valence-corrected chi connectivity index (χ2v) is 10.3. The lowest BCUT2D eigenvalue weighted by Crippen LogP contribution is -1.97. The van der Waals surface area contributed by atoms with Gasteiger partial charge >= 0.3 is 0 Å². The Hall–Kier alpha value is -4.88. The average molecular weight is 516 g/mol. The number of para-hydroxylation sites is 2. The molecule has 0 amide bonds. The lowest BCUT2D eigenvalue weighted by atomic mass is 9.92. The van der Waals surface area contributed by atoms with Crippen LogP contribution in [-0.2, 0) is 0 Å². The quantitative estimate of drug-likeness (QED) is 0.194. The molecule has 0 aliphatic rings. The number of benzene rings is 5. The zero-order chi connectivity index (χ0) is 27.6. The van der Waals surface area contributed by atoms with Crippen LogP contribution in [0.1, 0.15) is 25.0 Å². The number of allylic oxidation sites excluding steroid dienone is 5. The number of hydrogen-bond donors (Lipinski definition) is 0. The van der Waals surface area contributed by atoms with Crippen molar-refractivity contribution >= 4 is 27.4 Å². The zero-order valence-corrected chi connectivity index (χ0v) is 23.4. The number of aromatic nitrogens is 1. The third-order valence-electron chi connectivity index (χ3n) is 7.83. The van der Waals surface area contributed by atoms with E-state index < -0.39 is 0 Å². The van der Waals surface area contributed by atoms with Gasteiger partial charge in [0.1, 0.15) is 0 Å². The van der Waals surface area contributed by atoms with Crippen LogP contribution >= 0.6 is 0 Å². The molecule has 1 heterocycles. The maximum absolute atomic E-state index is 4.02. The van der Waals surface area contributed by atoms with Crippen molar-refractivity contribution in [3.05, 3.63) is 157 Å². The molecule has 0 atom stereocenters. The van der Waals surface area contributed by atoms with E-state index in [0.717, 1.165) is 0 Å². The van der Waals surface area contributed by atoms with Gasteiger partial charge in [0.05, 0.1) is 16.7 Å². The Labute approximate surface area is 237 Å². The molecule has 0 saturated heterocycles. The van der Waals surface area contributed by atoms with Crippen molar-refractivity contribution in [2.45, 2.75) is 20.8 Å². The minimum atomic E-state index is 1.17. The second-order valence-electron chi connectivity index (χ2n) is 10.3. The lowest BCUT2D eigenvalue weighted by molar-refractivity contribution is 1.18. The summed E-state index contributed by atoms with van der Waals surface area (Å²) in [6.07, 6.45) is 6.22. The van der Waals surface area contributed by atoms with Crippen molar-refractivity contribution in [1.29, 1.82) is 0 Å². The molecule has 0 bridgehead atoms. The van der Waals surface area contributed by atoms with Crippen molar-refractivity contribution in [1.82, 2.24) is 4.57 Å². The predicted molar refractivity (Wildman–Crippen MR) is 174 cm³/mol. The van der Waals surface area contributed by atoms with E-state index in [1.807, 2.05) is 6.08 Å². The van der Waals surface area contributed by atoms with Crippen molar-refractivity contribution in [3.8, 4) is 27.9 Å². The van der Waals surface area contributed by atoms with Crippen molar-refractivity contribution in [3.63, 3.8) is 0 Å². The molecular weight excluding hydrogens is 482 g/mol. The van der Waals surface area contributed by atoms with E-state index in [0.29, 0.717) is 0 Å². The molecule has 6 aromatic rings. The second kappa shape index (κ2) is 10.7. The van der Waals surface area contributed by atoms with Crippen LogP contribution < -0.4 is 0 Å². The summed E-state index contributed by atoms with van der Waals surface area (Å²) < 4.78 is 2.41. The molecule has 0 aliphatic heterocycles.